The standard InChI is InChI=1S/C19H22N2O3/c20-17(13-15-7-3-1-4-8-15)19(24)21(12-11-18(22)23)14-16-9-5-2-6-10-16/h1-10,17H,11-14,20H2,(H,22,23)/t17-/m0/s1. The van der Waals surface area contributed by atoms with Gasteiger partial charge in [-0.3, -0.25) is 9.59 Å². The van der Waals surface area contributed by atoms with Gasteiger partial charge >= 0.3 is 5.97 Å². The van der Waals surface area contributed by atoms with Crippen molar-refractivity contribution in [3.63, 3.8) is 0 Å². The van der Waals surface area contributed by atoms with Crippen LogP contribution in [0.4, 0.5) is 0 Å². The highest BCUT2D eigenvalue weighted by Crippen LogP contribution is 2.09. The van der Waals surface area contributed by atoms with Gasteiger partial charge in [0.25, 0.3) is 0 Å². The predicted octanol–water partition coefficient (Wildman–Crippen LogP) is 2.06. The minimum atomic E-state index is -0.933. The van der Waals surface area contributed by atoms with Crippen LogP contribution < -0.4 is 5.73 Å². The Morgan fingerprint density at radius 1 is 0.958 bits per heavy atom. The number of carbonyl (C=O) groups excluding carboxylic acids is 1. The van der Waals surface area contributed by atoms with Crippen LogP contribution in [0, 0.1) is 0 Å². The van der Waals surface area contributed by atoms with E-state index >= 15 is 0 Å². The average molecular weight is 326 g/mol. The number of aliphatic carboxylic acids is 1. The van der Waals surface area contributed by atoms with Crippen molar-refractivity contribution < 1.29 is 14.7 Å². The molecule has 1 atom stereocenters. The normalized spacial score (nSPS) is 11.7. The van der Waals surface area contributed by atoms with Crippen molar-refractivity contribution in [1.82, 2.24) is 4.90 Å². The summed E-state index contributed by atoms with van der Waals surface area (Å²) in [4.78, 5) is 25.1. The minimum Gasteiger partial charge on any atom is -0.481 e. The molecule has 0 spiro atoms. The Labute approximate surface area is 141 Å². The molecule has 0 fully saturated rings. The third-order valence-corrected chi connectivity index (χ3v) is 3.74. The fraction of sp³-hybridized carbons (Fsp3) is 0.263. The molecule has 0 saturated heterocycles. The van der Waals surface area contributed by atoms with Gasteiger partial charge in [-0.1, -0.05) is 60.7 Å². The van der Waals surface area contributed by atoms with E-state index < -0.39 is 12.0 Å². The van der Waals surface area contributed by atoms with Gasteiger partial charge in [0, 0.05) is 13.1 Å². The van der Waals surface area contributed by atoms with E-state index in [0.29, 0.717) is 13.0 Å². The second-order valence-electron chi connectivity index (χ2n) is 5.69. The van der Waals surface area contributed by atoms with Gasteiger partial charge < -0.3 is 15.7 Å². The number of hydrogen-bond acceptors (Lipinski definition) is 3. The molecule has 0 aliphatic heterocycles. The first-order valence-electron chi connectivity index (χ1n) is 7.90. The van der Waals surface area contributed by atoms with Crippen molar-refractivity contribution in [3.8, 4) is 0 Å². The number of amides is 1. The average Bonchev–Trinajstić information content (AvgIpc) is 2.59. The first-order chi connectivity index (χ1) is 11.6. The van der Waals surface area contributed by atoms with E-state index in [-0.39, 0.29) is 18.9 Å². The van der Waals surface area contributed by atoms with Crippen molar-refractivity contribution in [2.24, 2.45) is 5.73 Å². The monoisotopic (exact) mass is 326 g/mol. The van der Waals surface area contributed by atoms with Crippen LogP contribution in [0.25, 0.3) is 0 Å². The maximum Gasteiger partial charge on any atom is 0.305 e. The summed E-state index contributed by atoms with van der Waals surface area (Å²) in [6.07, 6.45) is 0.328. The first-order valence-corrected chi connectivity index (χ1v) is 7.90. The summed E-state index contributed by atoms with van der Waals surface area (Å²) >= 11 is 0. The Bertz CT molecular complexity index is 659. The molecule has 5 heteroatoms. The Hall–Kier alpha value is -2.66. The Morgan fingerprint density at radius 3 is 2.04 bits per heavy atom. The molecule has 2 rings (SSSR count). The summed E-state index contributed by atoms with van der Waals surface area (Å²) < 4.78 is 0. The van der Waals surface area contributed by atoms with Crippen molar-refractivity contribution in [1.29, 1.82) is 0 Å². The SMILES string of the molecule is N[C@@H](Cc1ccccc1)C(=O)N(CCC(=O)O)Cc1ccccc1. The van der Waals surface area contributed by atoms with Gasteiger partial charge in [0.2, 0.25) is 5.91 Å². The maximum absolute atomic E-state index is 12.7. The van der Waals surface area contributed by atoms with E-state index in [1.54, 1.807) is 0 Å². The molecule has 3 N–H and O–H groups in total. The van der Waals surface area contributed by atoms with Gasteiger partial charge in [-0.05, 0) is 17.5 Å². The van der Waals surface area contributed by atoms with Gasteiger partial charge in [0.05, 0.1) is 12.5 Å². The van der Waals surface area contributed by atoms with Gasteiger partial charge in [0.1, 0.15) is 0 Å². The first kappa shape index (κ1) is 17.7. The van der Waals surface area contributed by atoms with Crippen molar-refractivity contribution in [2.45, 2.75) is 25.4 Å². The van der Waals surface area contributed by atoms with Crippen LogP contribution in [-0.2, 0) is 22.6 Å². The molecule has 0 saturated carbocycles. The van der Waals surface area contributed by atoms with Crippen LogP contribution in [0.2, 0.25) is 0 Å². The maximum atomic E-state index is 12.7. The number of carboxylic acid groups (broad SMARTS) is 1. The van der Waals surface area contributed by atoms with Crippen LogP contribution in [0.1, 0.15) is 17.5 Å². The highest BCUT2D eigenvalue weighted by atomic mass is 16.4. The molecule has 126 valence electrons. The lowest BCUT2D eigenvalue weighted by Crippen LogP contribution is -2.45. The van der Waals surface area contributed by atoms with Gasteiger partial charge in [-0.15, -0.1) is 0 Å². The summed E-state index contributed by atoms with van der Waals surface area (Å²) in [6, 6.07) is 18.4. The molecule has 0 heterocycles. The van der Waals surface area contributed by atoms with Crippen molar-refractivity contribution in [2.75, 3.05) is 6.54 Å². The zero-order valence-corrected chi connectivity index (χ0v) is 13.5. The van der Waals surface area contributed by atoms with Crippen LogP contribution in [-0.4, -0.2) is 34.5 Å². The molecule has 2 aromatic carbocycles. The second kappa shape index (κ2) is 8.84. The molecule has 24 heavy (non-hydrogen) atoms. The lowest BCUT2D eigenvalue weighted by molar-refractivity contribution is -0.139. The third kappa shape index (κ3) is 5.52. The van der Waals surface area contributed by atoms with Crippen LogP contribution in [0.3, 0.4) is 0 Å². The minimum absolute atomic E-state index is 0.101. The van der Waals surface area contributed by atoms with Crippen LogP contribution >= 0.6 is 0 Å². The molecule has 0 bridgehead atoms. The zero-order chi connectivity index (χ0) is 17.4. The van der Waals surface area contributed by atoms with E-state index in [0.717, 1.165) is 11.1 Å². The molecule has 0 radical (unpaired) electrons. The smallest absolute Gasteiger partial charge is 0.305 e. The summed E-state index contributed by atoms with van der Waals surface area (Å²) in [7, 11) is 0. The molecular formula is C19H22N2O3. The topological polar surface area (TPSA) is 83.6 Å². The zero-order valence-electron chi connectivity index (χ0n) is 13.5. The summed E-state index contributed by atoms with van der Waals surface area (Å²) in [6.45, 7) is 0.501. The molecule has 0 aliphatic rings. The molecule has 2 aromatic rings. The van der Waals surface area contributed by atoms with Crippen LogP contribution in [0.15, 0.2) is 60.7 Å². The number of carbonyl (C=O) groups is 2. The molecule has 0 aliphatic carbocycles. The summed E-state index contributed by atoms with van der Waals surface area (Å²) in [5, 5.41) is 8.91. The van der Waals surface area contributed by atoms with Gasteiger partial charge in [-0.2, -0.15) is 0 Å². The number of rotatable bonds is 8. The van der Waals surface area contributed by atoms with E-state index in [4.69, 9.17) is 10.8 Å². The van der Waals surface area contributed by atoms with E-state index in [2.05, 4.69) is 0 Å². The third-order valence-electron chi connectivity index (χ3n) is 3.74. The fourth-order valence-corrected chi connectivity index (χ4v) is 2.49. The summed E-state index contributed by atoms with van der Waals surface area (Å²) in [5.41, 5.74) is 8.00. The van der Waals surface area contributed by atoms with E-state index in [1.165, 1.54) is 4.90 Å². The van der Waals surface area contributed by atoms with Gasteiger partial charge in [0.15, 0.2) is 0 Å². The van der Waals surface area contributed by atoms with Gasteiger partial charge in [-0.25, -0.2) is 0 Å². The summed E-state index contributed by atoms with van der Waals surface area (Å²) in [5.74, 6) is -1.17. The highest BCUT2D eigenvalue weighted by Gasteiger charge is 2.22. The lowest BCUT2D eigenvalue weighted by Gasteiger charge is -2.25. The van der Waals surface area contributed by atoms with Crippen molar-refractivity contribution in [3.05, 3.63) is 71.8 Å². The Kier molecular flexibility index (Phi) is 6.51. The molecule has 1 amide bonds. The Morgan fingerprint density at radius 2 is 1.50 bits per heavy atom. The quantitative estimate of drug-likeness (QED) is 0.778. The highest BCUT2D eigenvalue weighted by molar-refractivity contribution is 5.82. The molecule has 0 unspecified atom stereocenters. The fourth-order valence-electron chi connectivity index (χ4n) is 2.49. The number of nitrogens with two attached hydrogens (primary N) is 1. The van der Waals surface area contributed by atoms with E-state index in [9.17, 15) is 9.59 Å². The number of nitrogens with zero attached hydrogens (tertiary/aromatic N) is 1. The van der Waals surface area contributed by atoms with Crippen LogP contribution in [0.5, 0.6) is 0 Å². The number of hydrogen-bond donors (Lipinski definition) is 2. The lowest BCUT2D eigenvalue weighted by atomic mass is 10.1. The molecule has 5 nitrogen and oxygen atoms in total. The molecule has 0 aromatic heterocycles. The second-order valence-corrected chi connectivity index (χ2v) is 5.69. The number of benzene rings is 2. The number of carboxylic acids is 1. The molecular weight excluding hydrogens is 304 g/mol. The van der Waals surface area contributed by atoms with E-state index in [1.807, 2.05) is 60.7 Å². The predicted molar refractivity (Wildman–Crippen MR) is 92.2 cm³/mol. The Balaban J connectivity index is 2.06. The largest absolute Gasteiger partial charge is 0.481 e. The van der Waals surface area contributed by atoms with Crippen molar-refractivity contribution >= 4 is 11.9 Å².